The topological polar surface area (TPSA) is 83.8 Å². The molecule has 0 fully saturated rings. The lowest BCUT2D eigenvalue weighted by atomic mass is 10.0. The van der Waals surface area contributed by atoms with Gasteiger partial charge >= 0.3 is 0 Å². The molecule has 0 bridgehead atoms. The molecule has 118 valence electrons. The molecule has 5 nitrogen and oxygen atoms in total. The molecule has 0 radical (unpaired) electrons. The maximum atomic E-state index is 9.94. The quantitative estimate of drug-likeness (QED) is 0.566. The van der Waals surface area contributed by atoms with Crippen molar-refractivity contribution in [3.8, 4) is 0 Å². The minimum Gasteiger partial charge on any atom is -0.467 e. The summed E-state index contributed by atoms with van der Waals surface area (Å²) in [7, 11) is 0. The van der Waals surface area contributed by atoms with Crippen molar-refractivity contribution < 1.29 is 9.52 Å². The molecule has 5 heteroatoms. The predicted octanol–water partition coefficient (Wildman–Crippen LogP) is 2.86. The summed E-state index contributed by atoms with van der Waals surface area (Å²) in [6.45, 7) is 4.37. The fraction of sp³-hybridized carbons (Fsp3) is 0.353. The number of aryl methyl sites for hydroxylation is 2. The molecule has 2 rings (SSSR count). The molecule has 2 aromatic rings. The molecule has 0 aliphatic carbocycles. The number of aliphatic imine (C=N–C) groups is 1. The molecule has 1 heterocycles. The third-order valence-electron chi connectivity index (χ3n) is 3.56. The summed E-state index contributed by atoms with van der Waals surface area (Å²) in [5, 5.41) is 13.1. The van der Waals surface area contributed by atoms with E-state index in [1.807, 2.05) is 0 Å². The fourth-order valence-corrected chi connectivity index (χ4v) is 2.33. The van der Waals surface area contributed by atoms with E-state index in [1.165, 1.54) is 17.4 Å². The van der Waals surface area contributed by atoms with Gasteiger partial charge in [-0.2, -0.15) is 0 Å². The van der Waals surface area contributed by atoms with Crippen molar-refractivity contribution in [2.45, 2.75) is 32.8 Å². The normalized spacial score (nSPS) is 13.1. The molecular formula is C17H23N3O2. The average molecular weight is 301 g/mol. The summed E-state index contributed by atoms with van der Waals surface area (Å²) in [5.41, 5.74) is 9.36. The lowest BCUT2D eigenvalue weighted by Crippen LogP contribution is -2.25. The molecule has 0 spiro atoms. The lowest BCUT2D eigenvalue weighted by molar-refractivity contribution is 0.158. The summed E-state index contributed by atoms with van der Waals surface area (Å²) >= 11 is 0. The van der Waals surface area contributed by atoms with Gasteiger partial charge < -0.3 is 20.6 Å². The van der Waals surface area contributed by atoms with Crippen LogP contribution in [0.5, 0.6) is 0 Å². The van der Waals surface area contributed by atoms with Gasteiger partial charge in [-0.25, -0.2) is 4.99 Å². The molecule has 1 aromatic heterocycles. The number of furan rings is 1. The standard InChI is InChI=1S/C17H23N3O2/c1-3-12-7-5-8-13(4-2)16(12)20-17(18)19-11-14(21)15-9-6-10-22-15/h5-10,14,21H,3-4,11H2,1-2H3,(H3,18,19,20). The first kappa shape index (κ1) is 16.1. The molecule has 4 N–H and O–H groups in total. The average Bonchev–Trinajstić information content (AvgIpc) is 3.07. The van der Waals surface area contributed by atoms with Crippen molar-refractivity contribution in [3.05, 3.63) is 53.5 Å². The van der Waals surface area contributed by atoms with Crippen molar-refractivity contribution in [2.24, 2.45) is 10.7 Å². The van der Waals surface area contributed by atoms with E-state index >= 15 is 0 Å². The number of benzene rings is 1. The van der Waals surface area contributed by atoms with E-state index in [1.54, 1.807) is 12.1 Å². The molecule has 0 amide bonds. The number of guanidine groups is 1. The van der Waals surface area contributed by atoms with Gasteiger partial charge in [0.1, 0.15) is 11.9 Å². The van der Waals surface area contributed by atoms with Crippen molar-refractivity contribution in [1.82, 2.24) is 0 Å². The Morgan fingerprint density at radius 1 is 1.23 bits per heavy atom. The Balaban J connectivity index is 2.08. The summed E-state index contributed by atoms with van der Waals surface area (Å²) in [5.74, 6) is 0.779. The second-order valence-corrected chi connectivity index (χ2v) is 5.04. The van der Waals surface area contributed by atoms with Crippen molar-refractivity contribution in [3.63, 3.8) is 0 Å². The maximum absolute atomic E-state index is 9.94. The number of nitrogens with zero attached hydrogens (tertiary/aromatic N) is 1. The van der Waals surface area contributed by atoms with Crippen molar-refractivity contribution in [2.75, 3.05) is 11.9 Å². The fourth-order valence-electron chi connectivity index (χ4n) is 2.33. The van der Waals surface area contributed by atoms with E-state index in [0.29, 0.717) is 11.7 Å². The smallest absolute Gasteiger partial charge is 0.193 e. The largest absolute Gasteiger partial charge is 0.467 e. The number of hydrogen-bond acceptors (Lipinski definition) is 3. The number of para-hydroxylation sites is 1. The third-order valence-corrected chi connectivity index (χ3v) is 3.56. The first-order valence-corrected chi connectivity index (χ1v) is 7.54. The van der Waals surface area contributed by atoms with Crippen LogP contribution in [-0.2, 0) is 12.8 Å². The van der Waals surface area contributed by atoms with Crippen LogP contribution in [0.3, 0.4) is 0 Å². The lowest BCUT2D eigenvalue weighted by Gasteiger charge is -2.15. The molecular weight excluding hydrogens is 278 g/mol. The number of nitrogens with two attached hydrogens (primary N) is 1. The molecule has 0 aliphatic rings. The van der Waals surface area contributed by atoms with Crippen molar-refractivity contribution >= 4 is 11.6 Å². The molecule has 22 heavy (non-hydrogen) atoms. The van der Waals surface area contributed by atoms with Crippen LogP contribution in [0, 0.1) is 0 Å². The van der Waals surface area contributed by atoms with Gasteiger partial charge in [-0.1, -0.05) is 32.0 Å². The Bertz CT molecular complexity index is 599. The Kier molecular flexibility index (Phi) is 5.61. The SMILES string of the molecule is CCc1cccc(CC)c1NC(N)=NCC(O)c1ccco1. The van der Waals surface area contributed by atoms with Gasteiger partial charge in [0.2, 0.25) is 0 Å². The minimum atomic E-state index is -0.789. The van der Waals surface area contributed by atoms with Gasteiger partial charge in [-0.15, -0.1) is 0 Å². The zero-order valence-electron chi connectivity index (χ0n) is 13.0. The van der Waals surface area contributed by atoms with E-state index < -0.39 is 6.10 Å². The molecule has 0 saturated carbocycles. The maximum Gasteiger partial charge on any atom is 0.193 e. The zero-order valence-corrected chi connectivity index (χ0v) is 13.0. The molecule has 1 atom stereocenters. The Labute approximate surface area is 130 Å². The first-order valence-electron chi connectivity index (χ1n) is 7.54. The van der Waals surface area contributed by atoms with Gasteiger partial charge in [-0.3, -0.25) is 0 Å². The van der Waals surface area contributed by atoms with Crippen LogP contribution < -0.4 is 11.1 Å². The van der Waals surface area contributed by atoms with Gasteiger partial charge in [0, 0.05) is 5.69 Å². The van der Waals surface area contributed by atoms with E-state index in [0.717, 1.165) is 18.5 Å². The number of nitrogens with one attached hydrogen (secondary N) is 1. The van der Waals surface area contributed by atoms with Gasteiger partial charge in [0.05, 0.1) is 12.8 Å². The summed E-state index contributed by atoms with van der Waals surface area (Å²) in [4.78, 5) is 4.20. The summed E-state index contributed by atoms with van der Waals surface area (Å²) in [6, 6.07) is 9.65. The minimum absolute atomic E-state index is 0.155. The summed E-state index contributed by atoms with van der Waals surface area (Å²) in [6.07, 6.45) is 2.56. The molecule has 0 aliphatic heterocycles. The van der Waals surface area contributed by atoms with E-state index in [2.05, 4.69) is 42.4 Å². The third kappa shape index (κ3) is 3.89. The van der Waals surface area contributed by atoms with E-state index in [4.69, 9.17) is 10.2 Å². The van der Waals surface area contributed by atoms with Crippen LogP contribution >= 0.6 is 0 Å². The van der Waals surface area contributed by atoms with Crippen LogP contribution in [-0.4, -0.2) is 17.6 Å². The summed E-state index contributed by atoms with van der Waals surface area (Å²) < 4.78 is 5.14. The highest BCUT2D eigenvalue weighted by molar-refractivity contribution is 5.93. The number of hydrogen-bond donors (Lipinski definition) is 3. The highest BCUT2D eigenvalue weighted by atomic mass is 16.4. The van der Waals surface area contributed by atoms with Gasteiger partial charge in [-0.05, 0) is 36.1 Å². The van der Waals surface area contributed by atoms with Crippen LogP contribution in [0.25, 0.3) is 0 Å². The van der Waals surface area contributed by atoms with Crippen LogP contribution in [0.15, 0.2) is 46.0 Å². The Morgan fingerprint density at radius 3 is 2.45 bits per heavy atom. The number of aliphatic hydroxyl groups excluding tert-OH is 1. The van der Waals surface area contributed by atoms with Gasteiger partial charge in [0.15, 0.2) is 5.96 Å². The highest BCUT2D eigenvalue weighted by Gasteiger charge is 2.11. The zero-order chi connectivity index (χ0) is 15.9. The Hall–Kier alpha value is -2.27. The van der Waals surface area contributed by atoms with Crippen molar-refractivity contribution in [1.29, 1.82) is 0 Å². The van der Waals surface area contributed by atoms with E-state index in [-0.39, 0.29) is 6.54 Å². The number of aliphatic hydroxyl groups is 1. The van der Waals surface area contributed by atoms with Gasteiger partial charge in [0.25, 0.3) is 0 Å². The predicted molar refractivity (Wildman–Crippen MR) is 89.0 cm³/mol. The Morgan fingerprint density at radius 2 is 1.91 bits per heavy atom. The highest BCUT2D eigenvalue weighted by Crippen LogP contribution is 2.22. The number of anilines is 1. The molecule has 1 unspecified atom stereocenters. The van der Waals surface area contributed by atoms with Crippen LogP contribution in [0.2, 0.25) is 0 Å². The monoisotopic (exact) mass is 301 g/mol. The second-order valence-electron chi connectivity index (χ2n) is 5.04. The second kappa shape index (κ2) is 7.66. The van der Waals surface area contributed by atoms with E-state index in [9.17, 15) is 5.11 Å². The number of rotatable bonds is 6. The molecule has 1 aromatic carbocycles. The molecule has 0 saturated heterocycles. The van der Waals surface area contributed by atoms with Crippen LogP contribution in [0.4, 0.5) is 5.69 Å². The van der Waals surface area contributed by atoms with Crippen LogP contribution in [0.1, 0.15) is 36.8 Å². The first-order chi connectivity index (χ1) is 10.7.